The van der Waals surface area contributed by atoms with Crippen molar-refractivity contribution >= 4 is 9.84 Å². The number of benzene rings is 2. The highest BCUT2D eigenvalue weighted by atomic mass is 32.2. The summed E-state index contributed by atoms with van der Waals surface area (Å²) in [6.07, 6.45) is -2.71. The third-order valence-corrected chi connectivity index (χ3v) is 5.81. The van der Waals surface area contributed by atoms with Crippen molar-refractivity contribution in [3.63, 3.8) is 0 Å². The van der Waals surface area contributed by atoms with Gasteiger partial charge in [0.2, 0.25) is 0 Å². The summed E-state index contributed by atoms with van der Waals surface area (Å²) >= 11 is 0. The van der Waals surface area contributed by atoms with E-state index in [9.17, 15) is 21.6 Å². The van der Waals surface area contributed by atoms with Crippen LogP contribution in [-0.4, -0.2) is 24.5 Å². The highest BCUT2D eigenvalue weighted by molar-refractivity contribution is 7.90. The molecule has 0 radical (unpaired) electrons. The second kappa shape index (κ2) is 5.95. The van der Waals surface area contributed by atoms with E-state index in [2.05, 4.69) is 5.10 Å². The van der Waals surface area contributed by atoms with Crippen molar-refractivity contribution in [3.8, 4) is 16.9 Å². The molecule has 0 N–H and O–H groups in total. The van der Waals surface area contributed by atoms with Crippen LogP contribution >= 0.6 is 0 Å². The lowest BCUT2D eigenvalue weighted by Crippen LogP contribution is -2.11. The molecule has 27 heavy (non-hydrogen) atoms. The Morgan fingerprint density at radius 1 is 1.00 bits per heavy atom. The molecule has 0 saturated heterocycles. The fourth-order valence-corrected chi connectivity index (χ4v) is 4.07. The number of nitrogens with zero attached hydrogens (tertiary/aromatic N) is 2. The standard InChI is InChI=1S/C19H15F3N2O2S/c1-27(25,26)14-9-7-13(8-10-14)24-17-15-5-3-2-4-12(15)6-11-16(17)18(23-24)19(20,21)22/h2-5,7-10H,6,11H2,1H3. The number of aryl methyl sites for hydroxylation is 1. The molecule has 0 amide bonds. The Morgan fingerprint density at radius 2 is 1.67 bits per heavy atom. The van der Waals surface area contributed by atoms with Gasteiger partial charge in [0.15, 0.2) is 15.5 Å². The molecule has 1 aliphatic rings. The molecule has 2 aromatic carbocycles. The second-order valence-electron chi connectivity index (χ2n) is 6.51. The highest BCUT2D eigenvalue weighted by Gasteiger charge is 2.40. The average Bonchev–Trinajstić information content (AvgIpc) is 3.01. The molecule has 1 heterocycles. The van der Waals surface area contributed by atoms with Gasteiger partial charge in [-0.15, -0.1) is 0 Å². The van der Waals surface area contributed by atoms with Crippen LogP contribution in [-0.2, 0) is 28.9 Å². The predicted octanol–water partition coefficient (Wildman–Crippen LogP) is 4.06. The molecule has 140 valence electrons. The number of fused-ring (bicyclic) bond motifs is 3. The van der Waals surface area contributed by atoms with Crippen molar-refractivity contribution in [2.75, 3.05) is 6.26 Å². The molecule has 8 heteroatoms. The third-order valence-electron chi connectivity index (χ3n) is 4.68. The molecule has 1 aliphatic carbocycles. The molecule has 4 rings (SSSR count). The van der Waals surface area contributed by atoms with Crippen LogP contribution in [0.2, 0.25) is 0 Å². The van der Waals surface area contributed by atoms with Crippen LogP contribution in [0.1, 0.15) is 16.8 Å². The first-order valence-corrected chi connectivity index (χ1v) is 10.1. The third kappa shape index (κ3) is 3.03. The van der Waals surface area contributed by atoms with Gasteiger partial charge in [-0.2, -0.15) is 18.3 Å². The normalized spacial score (nSPS) is 13.9. The van der Waals surface area contributed by atoms with Gasteiger partial charge < -0.3 is 0 Å². The Balaban J connectivity index is 1.96. The Hall–Kier alpha value is -2.61. The van der Waals surface area contributed by atoms with E-state index in [4.69, 9.17) is 0 Å². The van der Waals surface area contributed by atoms with Crippen molar-refractivity contribution in [2.24, 2.45) is 0 Å². The Labute approximate surface area is 154 Å². The van der Waals surface area contributed by atoms with Crippen LogP contribution in [0, 0.1) is 0 Å². The molecule has 0 bridgehead atoms. The maximum atomic E-state index is 13.5. The maximum Gasteiger partial charge on any atom is 0.435 e. The van der Waals surface area contributed by atoms with E-state index < -0.39 is 21.7 Å². The SMILES string of the molecule is CS(=O)(=O)c1ccc(-n2nc(C(F)(F)F)c3c2-c2ccccc2CC3)cc1. The molecule has 0 unspecified atom stereocenters. The number of alkyl halides is 3. The Morgan fingerprint density at radius 3 is 2.30 bits per heavy atom. The zero-order valence-electron chi connectivity index (χ0n) is 14.3. The van der Waals surface area contributed by atoms with Crippen LogP contribution in [0.4, 0.5) is 13.2 Å². The van der Waals surface area contributed by atoms with E-state index in [1.165, 1.54) is 28.9 Å². The molecule has 3 aromatic rings. The van der Waals surface area contributed by atoms with Gasteiger partial charge in [-0.1, -0.05) is 24.3 Å². The molecule has 0 aliphatic heterocycles. The lowest BCUT2D eigenvalue weighted by atomic mass is 9.88. The number of aromatic nitrogens is 2. The fourth-order valence-electron chi connectivity index (χ4n) is 3.44. The van der Waals surface area contributed by atoms with E-state index in [0.717, 1.165) is 11.8 Å². The zero-order valence-corrected chi connectivity index (χ0v) is 15.1. The van der Waals surface area contributed by atoms with Crippen LogP contribution in [0.15, 0.2) is 53.4 Å². The van der Waals surface area contributed by atoms with Crippen molar-refractivity contribution in [2.45, 2.75) is 23.9 Å². The minimum Gasteiger partial charge on any atom is -0.232 e. The van der Waals surface area contributed by atoms with E-state index in [1.807, 2.05) is 12.1 Å². The molecule has 0 saturated carbocycles. The molecule has 4 nitrogen and oxygen atoms in total. The van der Waals surface area contributed by atoms with Crippen LogP contribution in [0.25, 0.3) is 16.9 Å². The summed E-state index contributed by atoms with van der Waals surface area (Å²) in [5, 5.41) is 3.87. The summed E-state index contributed by atoms with van der Waals surface area (Å²) in [5.41, 5.74) is 1.76. The molecule has 1 aromatic heterocycles. The van der Waals surface area contributed by atoms with Gasteiger partial charge in [0.25, 0.3) is 0 Å². The number of rotatable bonds is 2. The van der Waals surface area contributed by atoms with Gasteiger partial charge in [-0.05, 0) is 42.7 Å². The first-order chi connectivity index (χ1) is 12.7. The van der Waals surface area contributed by atoms with Gasteiger partial charge >= 0.3 is 6.18 Å². The first kappa shape index (κ1) is 17.8. The topological polar surface area (TPSA) is 52.0 Å². The van der Waals surface area contributed by atoms with E-state index >= 15 is 0 Å². The van der Waals surface area contributed by atoms with Crippen LogP contribution in [0.3, 0.4) is 0 Å². The second-order valence-corrected chi connectivity index (χ2v) is 8.52. The maximum absolute atomic E-state index is 13.5. The summed E-state index contributed by atoms with van der Waals surface area (Å²) < 4.78 is 65.2. The van der Waals surface area contributed by atoms with Gasteiger partial charge in [0.1, 0.15) is 0 Å². The van der Waals surface area contributed by atoms with E-state index in [-0.39, 0.29) is 16.9 Å². The van der Waals surface area contributed by atoms with Crippen molar-refractivity contribution in [3.05, 3.63) is 65.4 Å². The molecular weight excluding hydrogens is 377 g/mol. The van der Waals surface area contributed by atoms with Gasteiger partial charge in [0.05, 0.1) is 16.3 Å². The van der Waals surface area contributed by atoms with Gasteiger partial charge in [-0.25, -0.2) is 13.1 Å². The van der Waals surface area contributed by atoms with Crippen molar-refractivity contribution < 1.29 is 21.6 Å². The smallest absolute Gasteiger partial charge is 0.232 e. The number of hydrogen-bond acceptors (Lipinski definition) is 3. The van der Waals surface area contributed by atoms with Crippen LogP contribution in [0.5, 0.6) is 0 Å². The average molecular weight is 392 g/mol. The van der Waals surface area contributed by atoms with E-state index in [1.54, 1.807) is 12.1 Å². The summed E-state index contributed by atoms with van der Waals surface area (Å²) in [4.78, 5) is 0.101. The van der Waals surface area contributed by atoms with Crippen LogP contribution < -0.4 is 0 Å². The summed E-state index contributed by atoms with van der Waals surface area (Å²) in [6, 6.07) is 13.0. The monoisotopic (exact) mass is 392 g/mol. The van der Waals surface area contributed by atoms with E-state index in [0.29, 0.717) is 23.4 Å². The van der Waals surface area contributed by atoms with Crippen molar-refractivity contribution in [1.82, 2.24) is 9.78 Å². The zero-order chi connectivity index (χ0) is 19.4. The molecular formula is C19H15F3N2O2S. The number of halogens is 3. The summed E-state index contributed by atoms with van der Waals surface area (Å²) in [7, 11) is -3.40. The number of sulfone groups is 1. The minimum atomic E-state index is -4.56. The fraction of sp³-hybridized carbons (Fsp3) is 0.211. The molecule has 0 atom stereocenters. The van der Waals surface area contributed by atoms with Crippen molar-refractivity contribution in [1.29, 1.82) is 0 Å². The molecule has 0 fully saturated rings. The Kier molecular flexibility index (Phi) is 3.92. The summed E-state index contributed by atoms with van der Waals surface area (Å²) in [6.45, 7) is 0. The molecule has 0 spiro atoms. The highest BCUT2D eigenvalue weighted by Crippen LogP contribution is 2.42. The quantitative estimate of drug-likeness (QED) is 0.661. The predicted molar refractivity (Wildman–Crippen MR) is 94.5 cm³/mol. The lowest BCUT2D eigenvalue weighted by Gasteiger charge is -2.19. The minimum absolute atomic E-state index is 0.101. The first-order valence-electron chi connectivity index (χ1n) is 8.24. The Bertz CT molecular complexity index is 1130. The van der Waals surface area contributed by atoms with Gasteiger partial charge in [0, 0.05) is 17.4 Å². The lowest BCUT2D eigenvalue weighted by molar-refractivity contribution is -0.141. The largest absolute Gasteiger partial charge is 0.435 e. The van der Waals surface area contributed by atoms with Gasteiger partial charge in [-0.3, -0.25) is 0 Å². The summed E-state index contributed by atoms with van der Waals surface area (Å²) in [5.74, 6) is 0. The number of hydrogen-bond donors (Lipinski definition) is 0.